The van der Waals surface area contributed by atoms with Gasteiger partial charge < -0.3 is 15.7 Å². The Morgan fingerprint density at radius 1 is 1.33 bits per heavy atom. The first-order valence-electron chi connectivity index (χ1n) is 5.08. The van der Waals surface area contributed by atoms with Crippen LogP contribution in [0.1, 0.15) is 19.4 Å². The predicted molar refractivity (Wildman–Crippen MR) is 65.2 cm³/mol. The number of nitrogens with two attached hydrogens (primary N) is 1. The fourth-order valence-corrected chi connectivity index (χ4v) is 1.68. The van der Waals surface area contributed by atoms with Gasteiger partial charge in [0.05, 0.1) is 5.60 Å². The lowest BCUT2D eigenvalue weighted by Gasteiger charge is -2.27. The van der Waals surface area contributed by atoms with E-state index in [1.807, 2.05) is 31.0 Å². The SMILES string of the molecule is Cc1cc(N)cc(N(C)CC(C)(C)O)c1. The van der Waals surface area contributed by atoms with Crippen molar-refractivity contribution < 1.29 is 5.11 Å². The summed E-state index contributed by atoms with van der Waals surface area (Å²) in [5, 5.41) is 9.72. The first kappa shape index (κ1) is 11.9. The Morgan fingerprint density at radius 3 is 2.40 bits per heavy atom. The molecule has 0 amide bonds. The average Bonchev–Trinajstić information content (AvgIpc) is 1.98. The summed E-state index contributed by atoms with van der Waals surface area (Å²) in [6.07, 6.45) is 0. The van der Waals surface area contributed by atoms with Crippen LogP contribution in [0.3, 0.4) is 0 Å². The number of hydrogen-bond donors (Lipinski definition) is 2. The lowest BCUT2D eigenvalue weighted by atomic mass is 10.1. The van der Waals surface area contributed by atoms with Crippen molar-refractivity contribution in [3.8, 4) is 0 Å². The second-order valence-corrected chi connectivity index (χ2v) is 4.77. The first-order chi connectivity index (χ1) is 6.78. The van der Waals surface area contributed by atoms with Gasteiger partial charge in [-0.2, -0.15) is 0 Å². The summed E-state index contributed by atoms with van der Waals surface area (Å²) in [4.78, 5) is 2.00. The Bertz CT molecular complexity index is 322. The molecule has 3 heteroatoms. The van der Waals surface area contributed by atoms with Crippen LogP contribution in [0.4, 0.5) is 11.4 Å². The second kappa shape index (κ2) is 4.11. The summed E-state index contributed by atoms with van der Waals surface area (Å²) in [5.74, 6) is 0. The van der Waals surface area contributed by atoms with Crippen molar-refractivity contribution >= 4 is 11.4 Å². The summed E-state index contributed by atoms with van der Waals surface area (Å²) in [6, 6.07) is 5.91. The lowest BCUT2D eigenvalue weighted by Crippen LogP contribution is -2.36. The third-order valence-electron chi connectivity index (χ3n) is 2.15. The van der Waals surface area contributed by atoms with E-state index in [0.717, 1.165) is 16.9 Å². The van der Waals surface area contributed by atoms with Crippen molar-refractivity contribution in [1.29, 1.82) is 0 Å². The third-order valence-corrected chi connectivity index (χ3v) is 2.15. The predicted octanol–water partition coefficient (Wildman–Crippen LogP) is 1.78. The van der Waals surface area contributed by atoms with Gasteiger partial charge in [0.1, 0.15) is 0 Å². The highest BCUT2D eigenvalue weighted by molar-refractivity contribution is 5.58. The van der Waals surface area contributed by atoms with E-state index in [-0.39, 0.29) is 0 Å². The quantitative estimate of drug-likeness (QED) is 0.744. The summed E-state index contributed by atoms with van der Waals surface area (Å²) in [7, 11) is 1.95. The number of rotatable bonds is 3. The van der Waals surface area contributed by atoms with Gasteiger partial charge in [-0.15, -0.1) is 0 Å². The van der Waals surface area contributed by atoms with E-state index >= 15 is 0 Å². The smallest absolute Gasteiger partial charge is 0.0765 e. The van der Waals surface area contributed by atoms with Crippen LogP contribution in [-0.2, 0) is 0 Å². The molecular weight excluding hydrogens is 188 g/mol. The topological polar surface area (TPSA) is 49.5 Å². The van der Waals surface area contributed by atoms with E-state index in [1.54, 1.807) is 13.8 Å². The fraction of sp³-hybridized carbons (Fsp3) is 0.500. The maximum absolute atomic E-state index is 9.72. The standard InChI is InChI=1S/C12H20N2O/c1-9-5-10(13)7-11(6-9)14(4)8-12(2,3)15/h5-7,15H,8,13H2,1-4H3. The normalized spacial score (nSPS) is 11.5. The third kappa shape index (κ3) is 3.80. The first-order valence-corrected chi connectivity index (χ1v) is 5.08. The van der Waals surface area contributed by atoms with Gasteiger partial charge in [-0.25, -0.2) is 0 Å². The van der Waals surface area contributed by atoms with E-state index in [9.17, 15) is 5.11 Å². The Hall–Kier alpha value is -1.22. The van der Waals surface area contributed by atoms with Gasteiger partial charge in [0.2, 0.25) is 0 Å². The summed E-state index contributed by atoms with van der Waals surface area (Å²) < 4.78 is 0. The number of aryl methyl sites for hydroxylation is 1. The molecule has 0 saturated carbocycles. The van der Waals surface area contributed by atoms with Crippen molar-refractivity contribution in [3.05, 3.63) is 23.8 Å². The monoisotopic (exact) mass is 208 g/mol. The molecule has 0 spiro atoms. The number of likely N-dealkylation sites (N-methyl/N-ethyl adjacent to an activating group) is 1. The number of aliphatic hydroxyl groups is 1. The van der Waals surface area contributed by atoms with E-state index in [4.69, 9.17) is 5.73 Å². The van der Waals surface area contributed by atoms with Gasteiger partial charge in [-0.1, -0.05) is 0 Å². The minimum Gasteiger partial charge on any atom is -0.399 e. The Morgan fingerprint density at radius 2 is 1.93 bits per heavy atom. The van der Waals surface area contributed by atoms with Crippen molar-refractivity contribution in [2.24, 2.45) is 0 Å². The molecule has 0 fully saturated rings. The van der Waals surface area contributed by atoms with Crippen LogP contribution < -0.4 is 10.6 Å². The molecule has 3 nitrogen and oxygen atoms in total. The molecule has 0 heterocycles. The molecular formula is C12H20N2O. The van der Waals surface area contributed by atoms with Gasteiger partial charge in [-0.3, -0.25) is 0 Å². The van der Waals surface area contributed by atoms with E-state index in [1.165, 1.54) is 0 Å². The molecule has 15 heavy (non-hydrogen) atoms. The van der Waals surface area contributed by atoms with E-state index in [2.05, 4.69) is 6.07 Å². The summed E-state index contributed by atoms with van der Waals surface area (Å²) in [6.45, 7) is 6.18. The molecule has 0 radical (unpaired) electrons. The van der Waals surface area contributed by atoms with E-state index in [0.29, 0.717) is 6.54 Å². The minimum atomic E-state index is -0.701. The van der Waals surface area contributed by atoms with Crippen molar-refractivity contribution in [2.45, 2.75) is 26.4 Å². The average molecular weight is 208 g/mol. The van der Waals surface area contributed by atoms with Gasteiger partial charge in [-0.05, 0) is 44.5 Å². The zero-order chi connectivity index (χ0) is 11.6. The van der Waals surface area contributed by atoms with Crippen LogP contribution in [0.15, 0.2) is 18.2 Å². The Balaban J connectivity index is 2.86. The van der Waals surface area contributed by atoms with Crippen molar-refractivity contribution in [3.63, 3.8) is 0 Å². The molecule has 1 rings (SSSR count). The zero-order valence-corrected chi connectivity index (χ0v) is 9.91. The summed E-state index contributed by atoms with van der Waals surface area (Å²) in [5.41, 5.74) is 8.00. The molecule has 0 aliphatic rings. The second-order valence-electron chi connectivity index (χ2n) is 4.77. The van der Waals surface area contributed by atoms with Gasteiger partial charge >= 0.3 is 0 Å². The lowest BCUT2D eigenvalue weighted by molar-refractivity contribution is 0.0886. The number of benzene rings is 1. The molecule has 0 bridgehead atoms. The molecule has 0 unspecified atom stereocenters. The number of hydrogen-bond acceptors (Lipinski definition) is 3. The zero-order valence-electron chi connectivity index (χ0n) is 9.91. The number of nitrogen functional groups attached to an aromatic ring is 1. The van der Waals surface area contributed by atoms with Gasteiger partial charge in [0, 0.05) is 25.0 Å². The fourth-order valence-electron chi connectivity index (χ4n) is 1.68. The van der Waals surface area contributed by atoms with Crippen molar-refractivity contribution in [1.82, 2.24) is 0 Å². The Labute approximate surface area is 91.5 Å². The molecule has 0 saturated heterocycles. The number of nitrogens with zero attached hydrogens (tertiary/aromatic N) is 1. The largest absolute Gasteiger partial charge is 0.399 e. The molecule has 0 atom stereocenters. The molecule has 0 aromatic heterocycles. The number of anilines is 2. The van der Waals surface area contributed by atoms with Crippen LogP contribution in [0.2, 0.25) is 0 Å². The molecule has 0 aliphatic carbocycles. The maximum Gasteiger partial charge on any atom is 0.0765 e. The summed E-state index contributed by atoms with van der Waals surface area (Å²) >= 11 is 0. The molecule has 3 N–H and O–H groups in total. The van der Waals surface area contributed by atoms with Gasteiger partial charge in [0.25, 0.3) is 0 Å². The van der Waals surface area contributed by atoms with Gasteiger partial charge in [0.15, 0.2) is 0 Å². The molecule has 84 valence electrons. The van der Waals surface area contributed by atoms with Crippen molar-refractivity contribution in [2.75, 3.05) is 24.2 Å². The van der Waals surface area contributed by atoms with Crippen LogP contribution in [0.25, 0.3) is 0 Å². The van der Waals surface area contributed by atoms with Crippen LogP contribution in [0, 0.1) is 6.92 Å². The highest BCUT2D eigenvalue weighted by atomic mass is 16.3. The maximum atomic E-state index is 9.72. The highest BCUT2D eigenvalue weighted by Gasteiger charge is 2.16. The van der Waals surface area contributed by atoms with E-state index < -0.39 is 5.60 Å². The van der Waals surface area contributed by atoms with Crippen LogP contribution in [0.5, 0.6) is 0 Å². The molecule has 1 aromatic rings. The highest BCUT2D eigenvalue weighted by Crippen LogP contribution is 2.20. The Kier molecular flexibility index (Phi) is 3.25. The molecule has 1 aromatic carbocycles. The minimum absolute atomic E-state index is 0.579. The molecule has 0 aliphatic heterocycles. The van der Waals surface area contributed by atoms with Crippen LogP contribution in [-0.4, -0.2) is 24.3 Å². The van der Waals surface area contributed by atoms with Crippen LogP contribution >= 0.6 is 0 Å².